The number of fused-ring (bicyclic) bond motifs is 1. The maximum atomic E-state index is 5.40. The molecule has 1 unspecified atom stereocenters. The summed E-state index contributed by atoms with van der Waals surface area (Å²) >= 11 is 1.89. The molecule has 3 rings (SSSR count). The molecule has 0 amide bonds. The van der Waals surface area contributed by atoms with Crippen LogP contribution in [0.1, 0.15) is 41.8 Å². The van der Waals surface area contributed by atoms with E-state index in [2.05, 4.69) is 12.2 Å². The topological polar surface area (TPSA) is 34.1 Å². The molecule has 0 aliphatic heterocycles. The summed E-state index contributed by atoms with van der Waals surface area (Å²) in [4.78, 5) is 6.34. The van der Waals surface area contributed by atoms with Crippen molar-refractivity contribution in [1.29, 1.82) is 0 Å². The lowest BCUT2D eigenvalue weighted by Crippen LogP contribution is -2.44. The second-order valence-corrected chi connectivity index (χ2v) is 6.51. The summed E-state index contributed by atoms with van der Waals surface area (Å²) < 4.78 is 5.40. The number of hydrogen-bond acceptors (Lipinski definition) is 4. The van der Waals surface area contributed by atoms with E-state index in [0.717, 1.165) is 0 Å². The van der Waals surface area contributed by atoms with E-state index in [0.29, 0.717) is 12.6 Å². The summed E-state index contributed by atoms with van der Waals surface area (Å²) in [5.41, 5.74) is 1.25. The molecule has 0 saturated heterocycles. The van der Waals surface area contributed by atoms with E-state index in [4.69, 9.17) is 9.72 Å². The lowest BCUT2D eigenvalue weighted by Gasteiger charge is -2.28. The van der Waals surface area contributed by atoms with Crippen LogP contribution in [-0.2, 0) is 23.1 Å². The number of aromatic nitrogens is 1. The zero-order chi connectivity index (χ0) is 11.9. The van der Waals surface area contributed by atoms with Crippen molar-refractivity contribution in [3.8, 4) is 0 Å². The third-order valence-corrected chi connectivity index (χ3v) is 5.02. The first-order valence-electron chi connectivity index (χ1n) is 6.47. The van der Waals surface area contributed by atoms with Gasteiger partial charge in [-0.3, -0.25) is 0 Å². The maximum Gasteiger partial charge on any atom is 0.115 e. The Morgan fingerprint density at radius 3 is 2.94 bits per heavy atom. The number of methoxy groups -OCH3 is 1. The Morgan fingerprint density at radius 1 is 1.47 bits per heavy atom. The van der Waals surface area contributed by atoms with Crippen LogP contribution in [0, 0.1) is 0 Å². The minimum absolute atomic E-state index is 0.0923. The van der Waals surface area contributed by atoms with E-state index in [9.17, 15) is 0 Å². The smallest absolute Gasteiger partial charge is 0.115 e. The van der Waals surface area contributed by atoms with Crippen molar-refractivity contribution < 1.29 is 4.74 Å². The highest BCUT2D eigenvalue weighted by Gasteiger charge is 2.37. The van der Waals surface area contributed by atoms with Gasteiger partial charge in [-0.15, -0.1) is 11.3 Å². The average molecular weight is 252 g/mol. The van der Waals surface area contributed by atoms with Crippen LogP contribution in [0.3, 0.4) is 0 Å². The first kappa shape index (κ1) is 11.6. The standard InChI is InChI=1S/C13H20N2OS/c1-13(8-16-2,15-9-6-7-9)12-14-10-4-3-5-11(10)17-12/h9,15H,3-8H2,1-2H3. The fourth-order valence-electron chi connectivity index (χ4n) is 2.56. The lowest BCUT2D eigenvalue weighted by molar-refractivity contribution is 0.116. The quantitative estimate of drug-likeness (QED) is 0.872. The van der Waals surface area contributed by atoms with Crippen LogP contribution in [-0.4, -0.2) is 24.7 Å². The van der Waals surface area contributed by atoms with Crippen molar-refractivity contribution >= 4 is 11.3 Å². The Labute approximate surface area is 107 Å². The lowest BCUT2D eigenvalue weighted by atomic mass is 10.0. The van der Waals surface area contributed by atoms with Crippen LogP contribution in [0.2, 0.25) is 0 Å². The Balaban J connectivity index is 1.85. The predicted molar refractivity (Wildman–Crippen MR) is 69.5 cm³/mol. The molecule has 3 nitrogen and oxygen atoms in total. The third-order valence-electron chi connectivity index (χ3n) is 3.60. The van der Waals surface area contributed by atoms with E-state index in [-0.39, 0.29) is 5.54 Å². The zero-order valence-electron chi connectivity index (χ0n) is 10.6. The van der Waals surface area contributed by atoms with Gasteiger partial charge in [-0.1, -0.05) is 0 Å². The van der Waals surface area contributed by atoms with Gasteiger partial charge in [-0.05, 0) is 39.0 Å². The van der Waals surface area contributed by atoms with Crippen LogP contribution in [0.25, 0.3) is 0 Å². The van der Waals surface area contributed by atoms with E-state index in [1.165, 1.54) is 47.7 Å². The number of hydrogen-bond donors (Lipinski definition) is 1. The number of nitrogens with one attached hydrogen (secondary N) is 1. The first-order chi connectivity index (χ1) is 8.21. The molecule has 2 aliphatic rings. The second-order valence-electron chi connectivity index (χ2n) is 5.43. The Bertz CT molecular complexity index is 392. The van der Waals surface area contributed by atoms with Crippen LogP contribution in [0.4, 0.5) is 0 Å². The highest BCUT2D eigenvalue weighted by Crippen LogP contribution is 2.35. The first-order valence-corrected chi connectivity index (χ1v) is 7.28. The van der Waals surface area contributed by atoms with Gasteiger partial charge >= 0.3 is 0 Å². The van der Waals surface area contributed by atoms with Crippen molar-refractivity contribution in [3.63, 3.8) is 0 Å². The van der Waals surface area contributed by atoms with Crippen molar-refractivity contribution in [2.45, 2.75) is 50.6 Å². The molecule has 1 atom stereocenters. The van der Waals surface area contributed by atoms with Gasteiger partial charge in [-0.2, -0.15) is 0 Å². The minimum atomic E-state index is -0.0923. The number of ether oxygens (including phenoxy) is 1. The largest absolute Gasteiger partial charge is 0.382 e. The van der Waals surface area contributed by atoms with Gasteiger partial charge in [0.15, 0.2) is 0 Å². The van der Waals surface area contributed by atoms with E-state index in [1.54, 1.807) is 7.11 Å². The molecule has 1 heterocycles. The van der Waals surface area contributed by atoms with Gasteiger partial charge in [0.1, 0.15) is 5.01 Å². The zero-order valence-corrected chi connectivity index (χ0v) is 11.4. The number of rotatable bonds is 5. The second kappa shape index (κ2) is 4.34. The minimum Gasteiger partial charge on any atom is -0.382 e. The summed E-state index contributed by atoms with van der Waals surface area (Å²) in [6.07, 6.45) is 6.26. The summed E-state index contributed by atoms with van der Waals surface area (Å²) in [6.45, 7) is 2.93. The molecular formula is C13H20N2OS. The highest BCUT2D eigenvalue weighted by atomic mass is 32.1. The van der Waals surface area contributed by atoms with Gasteiger partial charge in [0.05, 0.1) is 17.8 Å². The summed E-state index contributed by atoms with van der Waals surface area (Å²) in [6, 6.07) is 0.675. The molecule has 0 spiro atoms. The number of aryl methyl sites for hydroxylation is 2. The van der Waals surface area contributed by atoms with Crippen molar-refractivity contribution in [2.24, 2.45) is 0 Å². The summed E-state index contributed by atoms with van der Waals surface area (Å²) in [5, 5.41) is 4.91. The Hall–Kier alpha value is -0.450. The fourth-order valence-corrected chi connectivity index (χ4v) is 3.80. The number of nitrogens with zero attached hydrogens (tertiary/aromatic N) is 1. The maximum absolute atomic E-state index is 5.40. The average Bonchev–Trinajstić information content (AvgIpc) is 2.82. The van der Waals surface area contributed by atoms with Gasteiger partial charge in [-0.25, -0.2) is 4.98 Å². The van der Waals surface area contributed by atoms with E-state index in [1.807, 2.05) is 11.3 Å². The summed E-state index contributed by atoms with van der Waals surface area (Å²) in [5.74, 6) is 0. The van der Waals surface area contributed by atoms with Crippen molar-refractivity contribution in [1.82, 2.24) is 10.3 Å². The molecule has 94 valence electrons. The van der Waals surface area contributed by atoms with Crippen LogP contribution < -0.4 is 5.32 Å². The monoisotopic (exact) mass is 252 g/mol. The van der Waals surface area contributed by atoms with Gasteiger partial charge in [0.2, 0.25) is 0 Å². The highest BCUT2D eigenvalue weighted by molar-refractivity contribution is 7.12. The normalized spacial score (nSPS) is 22.5. The number of thiazole rings is 1. The molecule has 0 radical (unpaired) electrons. The predicted octanol–water partition coefficient (Wildman–Crippen LogP) is 2.25. The third kappa shape index (κ3) is 2.26. The van der Waals surface area contributed by atoms with Crippen molar-refractivity contribution in [2.75, 3.05) is 13.7 Å². The van der Waals surface area contributed by atoms with Crippen molar-refractivity contribution in [3.05, 3.63) is 15.6 Å². The molecule has 0 bridgehead atoms. The Morgan fingerprint density at radius 2 is 2.29 bits per heavy atom. The van der Waals surface area contributed by atoms with Gasteiger partial charge in [0, 0.05) is 18.0 Å². The SMILES string of the molecule is COCC(C)(NC1CC1)c1nc2c(s1)CCC2. The molecule has 1 N–H and O–H groups in total. The molecule has 17 heavy (non-hydrogen) atoms. The molecule has 1 aromatic rings. The molecule has 1 aromatic heterocycles. The van der Waals surface area contributed by atoms with Gasteiger partial charge < -0.3 is 10.1 Å². The fraction of sp³-hybridized carbons (Fsp3) is 0.769. The van der Waals surface area contributed by atoms with Crippen LogP contribution >= 0.6 is 11.3 Å². The molecule has 4 heteroatoms. The molecule has 1 saturated carbocycles. The summed E-state index contributed by atoms with van der Waals surface area (Å²) in [7, 11) is 1.77. The molecule has 1 fully saturated rings. The Kier molecular flexibility index (Phi) is 2.97. The molecule has 0 aromatic carbocycles. The van der Waals surface area contributed by atoms with Gasteiger partial charge in [0.25, 0.3) is 0 Å². The molecular weight excluding hydrogens is 232 g/mol. The van der Waals surface area contributed by atoms with E-state index >= 15 is 0 Å². The van der Waals surface area contributed by atoms with E-state index < -0.39 is 0 Å². The van der Waals surface area contributed by atoms with Crippen LogP contribution in [0.5, 0.6) is 0 Å². The van der Waals surface area contributed by atoms with Crippen LogP contribution in [0.15, 0.2) is 0 Å². The molecule has 2 aliphatic carbocycles.